The molecule has 2 fully saturated rings. The van der Waals surface area contributed by atoms with Crippen molar-refractivity contribution >= 4 is 17.5 Å². The Morgan fingerprint density at radius 2 is 1.79 bits per heavy atom. The van der Waals surface area contributed by atoms with E-state index >= 15 is 0 Å². The van der Waals surface area contributed by atoms with Crippen molar-refractivity contribution in [3.05, 3.63) is 64.2 Å². The predicted molar refractivity (Wildman–Crippen MR) is 125 cm³/mol. The third-order valence-electron chi connectivity index (χ3n) is 7.27. The second kappa shape index (κ2) is 9.06. The second-order valence-corrected chi connectivity index (χ2v) is 9.66. The maximum Gasteiger partial charge on any atom is 0.416 e. The maximum atomic E-state index is 13.3. The van der Waals surface area contributed by atoms with Gasteiger partial charge in [-0.1, -0.05) is 12.1 Å². The Labute approximate surface area is 197 Å². The van der Waals surface area contributed by atoms with Gasteiger partial charge in [-0.25, -0.2) is 0 Å². The van der Waals surface area contributed by atoms with Gasteiger partial charge in [0.05, 0.1) is 11.5 Å². The molecule has 4 atom stereocenters. The van der Waals surface area contributed by atoms with Crippen LogP contribution in [0.5, 0.6) is 0 Å². The first-order valence-corrected chi connectivity index (χ1v) is 11.6. The Bertz CT molecular complexity index is 1110. The zero-order chi connectivity index (χ0) is 24.8. The number of halogens is 3. The summed E-state index contributed by atoms with van der Waals surface area (Å²) in [6, 6.07) is 9.45. The van der Waals surface area contributed by atoms with E-state index in [4.69, 9.17) is 0 Å². The molecular weight excluding hydrogens is 443 g/mol. The number of carbonyl (C=O) groups is 2. The number of hydrogen-bond donors (Lipinski definition) is 2. The fourth-order valence-electron chi connectivity index (χ4n) is 5.28. The first kappa shape index (κ1) is 24.3. The zero-order valence-electron chi connectivity index (χ0n) is 19.8. The number of alkyl halides is 3. The number of nitrogens with zero attached hydrogens (tertiary/aromatic N) is 1. The number of piperidine rings is 2. The van der Waals surface area contributed by atoms with E-state index < -0.39 is 17.6 Å². The van der Waals surface area contributed by atoms with Gasteiger partial charge >= 0.3 is 6.18 Å². The molecule has 2 amide bonds. The van der Waals surface area contributed by atoms with E-state index in [9.17, 15) is 22.8 Å². The molecule has 2 N–H and O–H groups in total. The summed E-state index contributed by atoms with van der Waals surface area (Å²) in [6.07, 6.45) is -2.89. The number of carbonyl (C=O) groups excluding carboxylic acids is 2. The van der Waals surface area contributed by atoms with Crippen LogP contribution in [-0.2, 0) is 11.0 Å². The van der Waals surface area contributed by atoms with E-state index in [0.717, 1.165) is 36.6 Å². The van der Waals surface area contributed by atoms with Crippen LogP contribution >= 0.6 is 0 Å². The zero-order valence-corrected chi connectivity index (χ0v) is 19.8. The number of nitrogens with one attached hydrogen (secondary N) is 2. The Kier molecular flexibility index (Phi) is 6.46. The Balaban J connectivity index is 1.57. The molecule has 0 saturated carbocycles. The van der Waals surface area contributed by atoms with Crippen LogP contribution in [-0.4, -0.2) is 42.4 Å². The van der Waals surface area contributed by atoms with Crippen molar-refractivity contribution in [2.45, 2.75) is 57.8 Å². The van der Waals surface area contributed by atoms with Gasteiger partial charge in [-0.3, -0.25) is 9.59 Å². The van der Waals surface area contributed by atoms with Gasteiger partial charge in [-0.05, 0) is 80.5 Å². The highest BCUT2D eigenvalue weighted by molar-refractivity contribution is 6.04. The van der Waals surface area contributed by atoms with Gasteiger partial charge in [-0.2, -0.15) is 13.2 Å². The summed E-state index contributed by atoms with van der Waals surface area (Å²) in [5, 5.41) is 6.21. The molecule has 4 unspecified atom stereocenters. The second-order valence-electron chi connectivity index (χ2n) is 9.66. The minimum absolute atomic E-state index is 0.0616. The third-order valence-corrected chi connectivity index (χ3v) is 7.27. The average Bonchev–Trinajstić information content (AvgIpc) is 2.77. The predicted octanol–water partition coefficient (Wildman–Crippen LogP) is 4.89. The highest BCUT2D eigenvalue weighted by atomic mass is 19.4. The molecule has 0 aromatic heterocycles. The van der Waals surface area contributed by atoms with Gasteiger partial charge in [0.2, 0.25) is 5.91 Å². The standard InChI is InChI=1S/C26H30F3N3O2/c1-14-6-8-19(31-24(33)17-7-5-15(2)22(11-17)26(27,28)29)12-20(14)21-10-18-13-30-16(3)9-23(18)32(4)25(21)34/h5-8,11-12,16,18,21,23,30H,9-10,13H2,1-4H3,(H,31,33). The lowest BCUT2D eigenvalue weighted by atomic mass is 9.75. The van der Waals surface area contributed by atoms with Gasteiger partial charge in [-0.15, -0.1) is 0 Å². The lowest BCUT2D eigenvalue weighted by Gasteiger charge is -2.47. The number of likely N-dealkylation sites (N-methyl/N-ethyl adjacent to an activating group) is 1. The van der Waals surface area contributed by atoms with E-state index in [1.807, 2.05) is 24.9 Å². The monoisotopic (exact) mass is 473 g/mol. The molecule has 2 heterocycles. The van der Waals surface area contributed by atoms with Crippen molar-refractivity contribution in [3.63, 3.8) is 0 Å². The molecule has 0 radical (unpaired) electrons. The molecule has 182 valence electrons. The molecule has 2 aromatic carbocycles. The molecule has 2 aliphatic rings. The molecule has 2 aromatic rings. The minimum atomic E-state index is -4.53. The number of rotatable bonds is 3. The molecule has 2 saturated heterocycles. The van der Waals surface area contributed by atoms with Crippen LogP contribution in [0.25, 0.3) is 0 Å². The average molecular weight is 474 g/mol. The topological polar surface area (TPSA) is 61.4 Å². The highest BCUT2D eigenvalue weighted by Crippen LogP contribution is 2.39. The van der Waals surface area contributed by atoms with Crippen molar-refractivity contribution in [3.8, 4) is 0 Å². The van der Waals surface area contributed by atoms with Gasteiger partial charge in [0.15, 0.2) is 0 Å². The van der Waals surface area contributed by atoms with E-state index in [1.165, 1.54) is 19.1 Å². The number of aryl methyl sites for hydroxylation is 2. The molecule has 4 rings (SSSR count). The quantitative estimate of drug-likeness (QED) is 0.668. The normalized spacial score (nSPS) is 25.1. The van der Waals surface area contributed by atoms with E-state index in [1.54, 1.807) is 12.1 Å². The molecule has 0 spiro atoms. The Morgan fingerprint density at radius 1 is 1.09 bits per heavy atom. The molecular formula is C26H30F3N3O2. The summed E-state index contributed by atoms with van der Waals surface area (Å²) in [5.41, 5.74) is 1.39. The van der Waals surface area contributed by atoms with Gasteiger partial charge in [0.25, 0.3) is 5.91 Å². The summed E-state index contributed by atoms with van der Waals surface area (Å²) in [7, 11) is 1.86. The van der Waals surface area contributed by atoms with Crippen LogP contribution in [0.4, 0.5) is 18.9 Å². The molecule has 0 aliphatic carbocycles. The van der Waals surface area contributed by atoms with Crippen LogP contribution in [0, 0.1) is 19.8 Å². The van der Waals surface area contributed by atoms with Crippen LogP contribution in [0.2, 0.25) is 0 Å². The number of benzene rings is 2. The number of fused-ring (bicyclic) bond motifs is 1. The minimum Gasteiger partial charge on any atom is -0.342 e. The lowest BCUT2D eigenvalue weighted by Crippen LogP contribution is -2.57. The third kappa shape index (κ3) is 4.69. The largest absolute Gasteiger partial charge is 0.416 e. The van der Waals surface area contributed by atoms with Crippen LogP contribution in [0.3, 0.4) is 0 Å². The van der Waals surface area contributed by atoms with E-state index in [2.05, 4.69) is 17.6 Å². The van der Waals surface area contributed by atoms with Crippen LogP contribution in [0.1, 0.15) is 58.3 Å². The number of likely N-dealkylation sites (tertiary alicyclic amines) is 1. The Hall–Kier alpha value is -2.87. The van der Waals surface area contributed by atoms with Gasteiger partial charge in [0, 0.05) is 36.9 Å². The molecule has 2 aliphatic heterocycles. The molecule has 34 heavy (non-hydrogen) atoms. The summed E-state index contributed by atoms with van der Waals surface area (Å²) in [4.78, 5) is 27.9. The first-order chi connectivity index (χ1) is 16.0. The number of hydrogen-bond acceptors (Lipinski definition) is 3. The van der Waals surface area contributed by atoms with Crippen molar-refractivity contribution in [2.75, 3.05) is 18.9 Å². The van der Waals surface area contributed by atoms with Crippen molar-refractivity contribution in [1.82, 2.24) is 10.2 Å². The van der Waals surface area contributed by atoms with E-state index in [0.29, 0.717) is 17.6 Å². The van der Waals surface area contributed by atoms with E-state index in [-0.39, 0.29) is 29.0 Å². The van der Waals surface area contributed by atoms with Crippen LogP contribution in [0.15, 0.2) is 36.4 Å². The highest BCUT2D eigenvalue weighted by Gasteiger charge is 2.43. The fourth-order valence-corrected chi connectivity index (χ4v) is 5.28. The number of anilines is 1. The number of amides is 2. The summed E-state index contributed by atoms with van der Waals surface area (Å²) < 4.78 is 39.8. The smallest absolute Gasteiger partial charge is 0.342 e. The Morgan fingerprint density at radius 3 is 2.50 bits per heavy atom. The van der Waals surface area contributed by atoms with Crippen LogP contribution < -0.4 is 10.6 Å². The molecule has 8 heteroatoms. The SMILES string of the molecule is Cc1ccc(NC(=O)c2ccc(C)c(C(F)(F)F)c2)cc1C1CC2CNC(C)CC2N(C)C1=O. The molecule has 5 nitrogen and oxygen atoms in total. The fraction of sp³-hybridized carbons (Fsp3) is 0.462. The van der Waals surface area contributed by atoms with Crippen molar-refractivity contribution in [2.24, 2.45) is 5.92 Å². The summed E-state index contributed by atoms with van der Waals surface area (Å²) in [6.45, 7) is 6.27. The van der Waals surface area contributed by atoms with Gasteiger partial charge in [0.1, 0.15) is 0 Å². The summed E-state index contributed by atoms with van der Waals surface area (Å²) >= 11 is 0. The van der Waals surface area contributed by atoms with Crippen molar-refractivity contribution in [1.29, 1.82) is 0 Å². The lowest BCUT2D eigenvalue weighted by molar-refractivity contribution is -0.140. The van der Waals surface area contributed by atoms with Crippen molar-refractivity contribution < 1.29 is 22.8 Å². The molecule has 0 bridgehead atoms. The first-order valence-electron chi connectivity index (χ1n) is 11.6. The van der Waals surface area contributed by atoms with Gasteiger partial charge < -0.3 is 15.5 Å². The maximum absolute atomic E-state index is 13.3. The summed E-state index contributed by atoms with van der Waals surface area (Å²) in [5.74, 6) is -0.544.